The van der Waals surface area contributed by atoms with Crippen LogP contribution >= 0.6 is 11.6 Å². The summed E-state index contributed by atoms with van der Waals surface area (Å²) < 4.78 is 10.6. The average Bonchev–Trinajstić information content (AvgIpc) is 2.65. The van der Waals surface area contributed by atoms with E-state index < -0.39 is 11.5 Å². The molecule has 0 saturated heterocycles. The Morgan fingerprint density at radius 2 is 2.04 bits per heavy atom. The lowest BCUT2D eigenvalue weighted by molar-refractivity contribution is -0.123. The van der Waals surface area contributed by atoms with Crippen molar-refractivity contribution in [1.82, 2.24) is 5.43 Å². The smallest absolute Gasteiger partial charge is 0.336 e. The van der Waals surface area contributed by atoms with Crippen LogP contribution in [0.5, 0.6) is 11.5 Å². The Hall–Kier alpha value is -3.32. The number of halogens is 1. The molecule has 7 nitrogen and oxygen atoms in total. The molecule has 0 aliphatic rings. The van der Waals surface area contributed by atoms with Gasteiger partial charge in [-0.15, -0.1) is 0 Å². The molecule has 0 saturated carbocycles. The molecule has 144 valence electrons. The number of aromatic hydroxyl groups is 1. The fourth-order valence-corrected chi connectivity index (χ4v) is 2.75. The highest BCUT2D eigenvalue weighted by Gasteiger charge is 2.08. The summed E-state index contributed by atoms with van der Waals surface area (Å²) in [5.41, 5.74) is 3.87. The number of hydrazone groups is 1. The molecule has 1 heterocycles. The fourth-order valence-electron chi connectivity index (χ4n) is 2.58. The van der Waals surface area contributed by atoms with E-state index in [0.29, 0.717) is 27.6 Å². The van der Waals surface area contributed by atoms with Crippen LogP contribution in [0.4, 0.5) is 0 Å². The summed E-state index contributed by atoms with van der Waals surface area (Å²) in [4.78, 5) is 23.5. The molecule has 3 aromatic rings. The molecule has 0 aliphatic carbocycles. The first-order chi connectivity index (χ1) is 13.3. The van der Waals surface area contributed by atoms with Gasteiger partial charge in [-0.1, -0.05) is 11.6 Å². The lowest BCUT2D eigenvalue weighted by Gasteiger charge is -2.08. The molecule has 1 aromatic heterocycles. The molecular formula is C20H17ClN2O5. The third kappa shape index (κ3) is 4.50. The van der Waals surface area contributed by atoms with Gasteiger partial charge in [-0.05, 0) is 49.7 Å². The molecule has 0 unspecified atom stereocenters. The van der Waals surface area contributed by atoms with Crippen molar-refractivity contribution in [2.45, 2.75) is 13.8 Å². The summed E-state index contributed by atoms with van der Waals surface area (Å²) in [6.07, 6.45) is 0. The van der Waals surface area contributed by atoms with Crippen LogP contribution in [0.1, 0.15) is 18.1 Å². The number of carbonyl (C=O) groups excluding carboxylic acids is 1. The van der Waals surface area contributed by atoms with Crippen molar-refractivity contribution in [2.75, 3.05) is 6.61 Å². The van der Waals surface area contributed by atoms with Gasteiger partial charge in [-0.3, -0.25) is 4.79 Å². The van der Waals surface area contributed by atoms with Crippen molar-refractivity contribution in [2.24, 2.45) is 5.10 Å². The van der Waals surface area contributed by atoms with E-state index in [-0.39, 0.29) is 12.4 Å². The van der Waals surface area contributed by atoms with Crippen molar-refractivity contribution in [3.05, 3.63) is 69.0 Å². The first kappa shape index (κ1) is 19.4. The second-order valence-electron chi connectivity index (χ2n) is 6.09. The Kier molecular flexibility index (Phi) is 5.65. The summed E-state index contributed by atoms with van der Waals surface area (Å²) in [7, 11) is 0. The van der Waals surface area contributed by atoms with Gasteiger partial charge in [0.15, 0.2) is 6.61 Å². The van der Waals surface area contributed by atoms with E-state index in [2.05, 4.69) is 10.5 Å². The second-order valence-corrected chi connectivity index (χ2v) is 6.53. The summed E-state index contributed by atoms with van der Waals surface area (Å²) in [5.74, 6) is -0.111. The van der Waals surface area contributed by atoms with E-state index in [9.17, 15) is 14.7 Å². The molecule has 0 atom stereocenters. The number of amides is 1. The molecule has 0 fully saturated rings. The highest BCUT2D eigenvalue weighted by atomic mass is 35.5. The number of hydrogen-bond acceptors (Lipinski definition) is 6. The lowest BCUT2D eigenvalue weighted by Crippen LogP contribution is -2.25. The van der Waals surface area contributed by atoms with E-state index in [1.54, 1.807) is 37.3 Å². The molecule has 28 heavy (non-hydrogen) atoms. The Morgan fingerprint density at radius 1 is 1.25 bits per heavy atom. The molecule has 0 radical (unpaired) electrons. The average molecular weight is 401 g/mol. The van der Waals surface area contributed by atoms with Crippen LogP contribution in [-0.2, 0) is 4.79 Å². The first-order valence-corrected chi connectivity index (χ1v) is 8.70. The van der Waals surface area contributed by atoms with Gasteiger partial charge >= 0.3 is 5.63 Å². The number of benzene rings is 2. The molecule has 3 rings (SSSR count). The number of aryl methyl sites for hydroxylation is 1. The normalized spacial score (nSPS) is 11.5. The second kappa shape index (κ2) is 8.14. The number of ether oxygens (including phenoxy) is 1. The highest BCUT2D eigenvalue weighted by Crippen LogP contribution is 2.23. The van der Waals surface area contributed by atoms with Crippen LogP contribution in [0.25, 0.3) is 11.0 Å². The van der Waals surface area contributed by atoms with E-state index >= 15 is 0 Å². The topological polar surface area (TPSA) is 101 Å². The maximum atomic E-state index is 12.0. The van der Waals surface area contributed by atoms with Crippen molar-refractivity contribution >= 4 is 34.2 Å². The Bertz CT molecular complexity index is 1140. The van der Waals surface area contributed by atoms with Gasteiger partial charge in [0.1, 0.15) is 17.1 Å². The summed E-state index contributed by atoms with van der Waals surface area (Å²) in [6, 6.07) is 10.9. The zero-order chi connectivity index (χ0) is 20.3. The summed E-state index contributed by atoms with van der Waals surface area (Å²) >= 11 is 5.90. The third-order valence-corrected chi connectivity index (χ3v) is 4.22. The van der Waals surface area contributed by atoms with Gasteiger partial charge < -0.3 is 14.3 Å². The molecule has 0 bridgehead atoms. The third-order valence-electron chi connectivity index (χ3n) is 3.99. The number of hydrogen-bond donors (Lipinski definition) is 2. The van der Waals surface area contributed by atoms with Gasteiger partial charge in [-0.2, -0.15) is 5.10 Å². The highest BCUT2D eigenvalue weighted by molar-refractivity contribution is 6.31. The molecular weight excluding hydrogens is 384 g/mol. The quantitative estimate of drug-likeness (QED) is 0.388. The number of fused-ring (bicyclic) bond motifs is 1. The Labute approximate surface area is 165 Å². The zero-order valence-electron chi connectivity index (χ0n) is 15.2. The SMILES string of the molecule is C/C(=N\NC(=O)COc1ccc2c(C)cc(=O)oc2c1)c1cc(Cl)ccc1O. The van der Waals surface area contributed by atoms with Gasteiger partial charge in [0.2, 0.25) is 0 Å². The molecule has 2 aromatic carbocycles. The van der Waals surface area contributed by atoms with Gasteiger partial charge in [0, 0.05) is 28.1 Å². The van der Waals surface area contributed by atoms with E-state index in [0.717, 1.165) is 10.9 Å². The monoisotopic (exact) mass is 400 g/mol. The van der Waals surface area contributed by atoms with Gasteiger partial charge in [0.05, 0.1) is 5.71 Å². The van der Waals surface area contributed by atoms with Crippen LogP contribution in [0.15, 0.2) is 56.8 Å². The standard InChI is InChI=1S/C20H17ClN2O5/c1-11-7-20(26)28-18-9-14(4-5-15(11)18)27-10-19(25)23-22-12(2)16-8-13(21)3-6-17(16)24/h3-9,24H,10H2,1-2H3,(H,23,25)/b22-12+. The lowest BCUT2D eigenvalue weighted by atomic mass is 10.1. The minimum atomic E-state index is -0.494. The van der Waals surface area contributed by atoms with Crippen LogP contribution in [0.2, 0.25) is 5.02 Å². The van der Waals surface area contributed by atoms with Gasteiger partial charge in [-0.25, -0.2) is 10.2 Å². The van der Waals surface area contributed by atoms with Crippen LogP contribution < -0.4 is 15.8 Å². The maximum Gasteiger partial charge on any atom is 0.336 e. The predicted molar refractivity (Wildman–Crippen MR) is 106 cm³/mol. The Balaban J connectivity index is 1.65. The molecule has 0 aliphatic heterocycles. The largest absolute Gasteiger partial charge is 0.507 e. The molecule has 0 spiro atoms. The van der Waals surface area contributed by atoms with E-state index in [4.69, 9.17) is 20.8 Å². The molecule has 8 heteroatoms. The van der Waals surface area contributed by atoms with Crippen LogP contribution in [-0.4, -0.2) is 23.3 Å². The number of carbonyl (C=O) groups is 1. The van der Waals surface area contributed by atoms with Gasteiger partial charge in [0.25, 0.3) is 5.91 Å². The minimum absolute atomic E-state index is 0.00379. The fraction of sp³-hybridized carbons (Fsp3) is 0.150. The number of nitrogens with one attached hydrogen (secondary N) is 1. The number of phenols is 1. The van der Waals surface area contributed by atoms with Crippen molar-refractivity contribution < 1.29 is 19.1 Å². The van der Waals surface area contributed by atoms with Crippen molar-refractivity contribution in [3.63, 3.8) is 0 Å². The van der Waals surface area contributed by atoms with Crippen LogP contribution in [0.3, 0.4) is 0 Å². The zero-order valence-corrected chi connectivity index (χ0v) is 15.9. The summed E-state index contributed by atoms with van der Waals surface area (Å²) in [5, 5.41) is 15.0. The Morgan fingerprint density at radius 3 is 2.82 bits per heavy atom. The number of rotatable bonds is 5. The maximum absolute atomic E-state index is 12.0. The number of phenolic OH excluding ortho intramolecular Hbond substituents is 1. The van der Waals surface area contributed by atoms with Crippen LogP contribution in [0, 0.1) is 6.92 Å². The van der Waals surface area contributed by atoms with Crippen molar-refractivity contribution in [1.29, 1.82) is 0 Å². The predicted octanol–water partition coefficient (Wildman–Crippen LogP) is 3.38. The summed E-state index contributed by atoms with van der Waals surface area (Å²) in [6.45, 7) is 3.14. The van der Waals surface area contributed by atoms with Crippen molar-refractivity contribution in [3.8, 4) is 11.5 Å². The molecule has 1 amide bonds. The number of nitrogens with zero attached hydrogens (tertiary/aromatic N) is 1. The first-order valence-electron chi connectivity index (χ1n) is 8.33. The minimum Gasteiger partial charge on any atom is -0.507 e. The molecule has 2 N–H and O–H groups in total. The van der Waals surface area contributed by atoms with E-state index in [1.807, 2.05) is 6.92 Å². The van der Waals surface area contributed by atoms with E-state index in [1.165, 1.54) is 12.1 Å².